The number of aliphatic hydroxyl groups is 1. The Hall–Kier alpha value is -1.81. The Morgan fingerprint density at radius 2 is 1.77 bits per heavy atom. The summed E-state index contributed by atoms with van der Waals surface area (Å²) in [6.45, 7) is 9.81. The number of rotatable bonds is 7. The normalized spacial score (nSPS) is 12.6. The molecule has 0 saturated heterocycles. The molecule has 0 spiro atoms. The van der Waals surface area contributed by atoms with Crippen molar-refractivity contribution in [2.45, 2.75) is 40.2 Å². The van der Waals surface area contributed by atoms with Crippen molar-refractivity contribution in [3.63, 3.8) is 0 Å². The van der Waals surface area contributed by atoms with Gasteiger partial charge in [0.1, 0.15) is 11.8 Å². The lowest BCUT2D eigenvalue weighted by Gasteiger charge is -2.18. The monoisotopic (exact) mass is 302 g/mol. The van der Waals surface area contributed by atoms with Crippen LogP contribution in [0.3, 0.4) is 0 Å². The van der Waals surface area contributed by atoms with E-state index in [4.69, 9.17) is 4.42 Å². The first-order valence-corrected chi connectivity index (χ1v) is 8.03. The summed E-state index contributed by atoms with van der Waals surface area (Å²) in [7, 11) is 0. The second-order valence-electron chi connectivity index (χ2n) is 5.83. The molecule has 120 valence electrons. The summed E-state index contributed by atoms with van der Waals surface area (Å²) in [5, 5.41) is 10.3. The fraction of sp³-hybridized carbons (Fsp3) is 0.500. The third-order valence-electron chi connectivity index (χ3n) is 3.84. The molecule has 4 heteroatoms. The van der Waals surface area contributed by atoms with Crippen LogP contribution in [-0.4, -0.2) is 23.2 Å². The van der Waals surface area contributed by atoms with Crippen molar-refractivity contribution in [3.8, 4) is 0 Å². The van der Waals surface area contributed by atoms with E-state index in [0.29, 0.717) is 12.3 Å². The first-order valence-electron chi connectivity index (χ1n) is 8.03. The Morgan fingerprint density at radius 1 is 1.14 bits per heavy atom. The summed E-state index contributed by atoms with van der Waals surface area (Å²) in [6, 6.07) is 10.2. The van der Waals surface area contributed by atoms with E-state index >= 15 is 0 Å². The lowest BCUT2D eigenvalue weighted by molar-refractivity contribution is 0.0974. The summed E-state index contributed by atoms with van der Waals surface area (Å²) >= 11 is 0. The standard InChI is InChI=1S/C18H26N2O2/c1-5-20(6-2)18-15(12-14-10-8-7-9-11-14)19-17(22-18)16(21)13(3)4/h7-11,13,16,21H,5-6,12H2,1-4H3/t16-/m0/s1. The third-order valence-corrected chi connectivity index (χ3v) is 3.84. The highest BCUT2D eigenvalue weighted by Gasteiger charge is 2.24. The van der Waals surface area contributed by atoms with Crippen molar-refractivity contribution in [2.24, 2.45) is 5.92 Å². The fourth-order valence-corrected chi connectivity index (χ4v) is 2.44. The number of aromatic nitrogens is 1. The predicted octanol–water partition coefficient (Wildman–Crippen LogP) is 3.80. The summed E-state index contributed by atoms with van der Waals surface area (Å²) in [5.74, 6) is 1.28. The van der Waals surface area contributed by atoms with Crippen LogP contribution in [0.4, 0.5) is 5.88 Å². The van der Waals surface area contributed by atoms with E-state index in [2.05, 4.69) is 35.9 Å². The van der Waals surface area contributed by atoms with Crippen LogP contribution >= 0.6 is 0 Å². The van der Waals surface area contributed by atoms with Gasteiger partial charge in [-0.25, -0.2) is 4.98 Å². The zero-order valence-electron chi connectivity index (χ0n) is 13.9. The van der Waals surface area contributed by atoms with Crippen LogP contribution in [0.15, 0.2) is 34.7 Å². The van der Waals surface area contributed by atoms with Crippen LogP contribution < -0.4 is 4.90 Å². The Balaban J connectivity index is 2.36. The molecule has 0 fully saturated rings. The van der Waals surface area contributed by atoms with Gasteiger partial charge >= 0.3 is 0 Å². The van der Waals surface area contributed by atoms with E-state index in [1.807, 2.05) is 32.0 Å². The van der Waals surface area contributed by atoms with Gasteiger partial charge in [0.05, 0.1) is 0 Å². The summed E-state index contributed by atoms with van der Waals surface area (Å²) < 4.78 is 5.92. The largest absolute Gasteiger partial charge is 0.422 e. The minimum Gasteiger partial charge on any atom is -0.422 e. The summed E-state index contributed by atoms with van der Waals surface area (Å²) in [5.41, 5.74) is 2.08. The van der Waals surface area contributed by atoms with Gasteiger partial charge in [0, 0.05) is 19.5 Å². The summed E-state index contributed by atoms with van der Waals surface area (Å²) in [6.07, 6.45) is 0.0416. The molecule has 1 atom stereocenters. The number of benzene rings is 1. The molecule has 1 aromatic carbocycles. The number of anilines is 1. The molecule has 0 aliphatic rings. The lowest BCUT2D eigenvalue weighted by atomic mass is 10.1. The van der Waals surface area contributed by atoms with E-state index in [1.54, 1.807) is 0 Å². The molecule has 0 aliphatic carbocycles. The topological polar surface area (TPSA) is 49.5 Å². The molecule has 0 saturated carbocycles. The highest BCUT2D eigenvalue weighted by Crippen LogP contribution is 2.30. The molecule has 0 aliphatic heterocycles. The average Bonchev–Trinajstić information content (AvgIpc) is 2.92. The Bertz CT molecular complexity index is 574. The quantitative estimate of drug-likeness (QED) is 0.845. The maximum Gasteiger partial charge on any atom is 0.226 e. The molecule has 1 aromatic heterocycles. The van der Waals surface area contributed by atoms with Gasteiger partial charge in [-0.05, 0) is 25.3 Å². The van der Waals surface area contributed by atoms with Crippen LogP contribution in [0.5, 0.6) is 0 Å². The molecule has 0 radical (unpaired) electrons. The van der Waals surface area contributed by atoms with Crippen molar-refractivity contribution in [3.05, 3.63) is 47.5 Å². The second-order valence-corrected chi connectivity index (χ2v) is 5.83. The van der Waals surface area contributed by atoms with Crippen LogP contribution in [0.25, 0.3) is 0 Å². The molecule has 1 N–H and O–H groups in total. The van der Waals surface area contributed by atoms with Crippen molar-refractivity contribution in [2.75, 3.05) is 18.0 Å². The predicted molar refractivity (Wildman–Crippen MR) is 89.1 cm³/mol. The Kier molecular flexibility index (Phi) is 5.61. The first-order chi connectivity index (χ1) is 10.6. The number of hydrogen-bond acceptors (Lipinski definition) is 4. The number of nitrogens with zero attached hydrogens (tertiary/aromatic N) is 2. The average molecular weight is 302 g/mol. The zero-order valence-corrected chi connectivity index (χ0v) is 13.9. The smallest absolute Gasteiger partial charge is 0.226 e. The van der Waals surface area contributed by atoms with Gasteiger partial charge in [-0.1, -0.05) is 44.2 Å². The van der Waals surface area contributed by atoms with Crippen molar-refractivity contribution >= 4 is 5.88 Å². The van der Waals surface area contributed by atoms with Gasteiger partial charge < -0.3 is 14.4 Å². The molecule has 2 aromatic rings. The van der Waals surface area contributed by atoms with E-state index in [-0.39, 0.29) is 5.92 Å². The maximum atomic E-state index is 10.3. The Labute approximate surface area is 132 Å². The van der Waals surface area contributed by atoms with Crippen molar-refractivity contribution in [1.29, 1.82) is 0 Å². The van der Waals surface area contributed by atoms with Gasteiger partial charge in [0.25, 0.3) is 0 Å². The van der Waals surface area contributed by atoms with Gasteiger partial charge in [0.2, 0.25) is 11.8 Å². The number of hydrogen-bond donors (Lipinski definition) is 1. The van der Waals surface area contributed by atoms with Crippen molar-refractivity contribution < 1.29 is 9.52 Å². The molecule has 1 heterocycles. The minimum absolute atomic E-state index is 0.0766. The van der Waals surface area contributed by atoms with E-state index < -0.39 is 6.10 Å². The second kappa shape index (κ2) is 7.45. The van der Waals surface area contributed by atoms with Crippen molar-refractivity contribution in [1.82, 2.24) is 4.98 Å². The number of aliphatic hydroxyl groups excluding tert-OH is 1. The Morgan fingerprint density at radius 3 is 2.32 bits per heavy atom. The highest BCUT2D eigenvalue weighted by molar-refractivity contribution is 5.43. The third kappa shape index (κ3) is 3.69. The van der Waals surface area contributed by atoms with Gasteiger partial charge in [-0.2, -0.15) is 0 Å². The van der Waals surface area contributed by atoms with Crippen LogP contribution in [0.2, 0.25) is 0 Å². The molecule has 0 unspecified atom stereocenters. The van der Waals surface area contributed by atoms with Crippen LogP contribution in [-0.2, 0) is 6.42 Å². The van der Waals surface area contributed by atoms with Crippen LogP contribution in [0.1, 0.15) is 50.9 Å². The van der Waals surface area contributed by atoms with Gasteiger partial charge in [-0.15, -0.1) is 0 Å². The molecular formula is C18H26N2O2. The molecule has 2 rings (SSSR count). The number of oxazole rings is 1. The zero-order chi connectivity index (χ0) is 16.1. The van der Waals surface area contributed by atoms with Gasteiger partial charge in [0.15, 0.2) is 0 Å². The van der Waals surface area contributed by atoms with Gasteiger partial charge in [-0.3, -0.25) is 0 Å². The van der Waals surface area contributed by atoms with Crippen LogP contribution in [0, 0.1) is 5.92 Å². The SMILES string of the molecule is CCN(CC)c1oc([C@@H](O)C(C)C)nc1Cc1ccccc1. The first kappa shape index (κ1) is 16.6. The minimum atomic E-state index is -0.668. The van der Waals surface area contributed by atoms with E-state index in [0.717, 1.165) is 24.7 Å². The van der Waals surface area contributed by atoms with E-state index in [9.17, 15) is 5.11 Å². The highest BCUT2D eigenvalue weighted by atomic mass is 16.4. The molecular weight excluding hydrogens is 276 g/mol. The fourth-order valence-electron chi connectivity index (χ4n) is 2.44. The van der Waals surface area contributed by atoms with E-state index in [1.165, 1.54) is 5.56 Å². The molecule has 22 heavy (non-hydrogen) atoms. The maximum absolute atomic E-state index is 10.3. The lowest BCUT2D eigenvalue weighted by Crippen LogP contribution is -2.22. The molecule has 4 nitrogen and oxygen atoms in total. The molecule has 0 amide bonds. The molecule has 0 bridgehead atoms. The summed E-state index contributed by atoms with van der Waals surface area (Å²) in [4.78, 5) is 6.73.